The fraction of sp³-hybridized carbons (Fsp3) is 0.364. The summed E-state index contributed by atoms with van der Waals surface area (Å²) >= 11 is 3.20. The summed E-state index contributed by atoms with van der Waals surface area (Å²) in [5.74, 6) is -0.935. The summed E-state index contributed by atoms with van der Waals surface area (Å²) in [5, 5.41) is 2.37. The van der Waals surface area contributed by atoms with Crippen LogP contribution in [-0.4, -0.2) is 29.6 Å². The standard InChI is InChI=1S/C11H13BrN2O4/c1-2-18-11(17)5-13-9(15)7-14-6-8(12)3-4-10(14)16/h3-4,6H,2,5,7H2,1H3,(H,13,15). The van der Waals surface area contributed by atoms with Gasteiger partial charge in [0.15, 0.2) is 0 Å². The summed E-state index contributed by atoms with van der Waals surface area (Å²) < 4.78 is 6.59. The van der Waals surface area contributed by atoms with E-state index in [0.29, 0.717) is 4.47 Å². The average molecular weight is 317 g/mol. The van der Waals surface area contributed by atoms with E-state index in [4.69, 9.17) is 0 Å². The molecule has 18 heavy (non-hydrogen) atoms. The highest BCUT2D eigenvalue weighted by Gasteiger charge is 2.07. The van der Waals surface area contributed by atoms with Crippen molar-refractivity contribution in [1.29, 1.82) is 0 Å². The Balaban J connectivity index is 2.52. The van der Waals surface area contributed by atoms with Crippen molar-refractivity contribution >= 4 is 27.8 Å². The van der Waals surface area contributed by atoms with Gasteiger partial charge in [-0.1, -0.05) is 0 Å². The molecule has 98 valence electrons. The minimum absolute atomic E-state index is 0.141. The number of rotatable bonds is 5. The second-order valence-electron chi connectivity index (χ2n) is 3.40. The number of amides is 1. The van der Waals surface area contributed by atoms with E-state index in [2.05, 4.69) is 26.0 Å². The molecule has 0 aliphatic carbocycles. The monoisotopic (exact) mass is 316 g/mol. The molecule has 0 aliphatic rings. The Bertz CT molecular complexity index is 498. The van der Waals surface area contributed by atoms with Crippen molar-refractivity contribution in [2.45, 2.75) is 13.5 Å². The van der Waals surface area contributed by atoms with Crippen LogP contribution in [0.3, 0.4) is 0 Å². The van der Waals surface area contributed by atoms with Gasteiger partial charge in [0, 0.05) is 16.7 Å². The third-order valence-electron chi connectivity index (χ3n) is 2.00. The zero-order chi connectivity index (χ0) is 13.5. The number of halogens is 1. The van der Waals surface area contributed by atoms with Gasteiger partial charge in [-0.2, -0.15) is 0 Å². The molecule has 1 aromatic rings. The number of carbonyl (C=O) groups is 2. The van der Waals surface area contributed by atoms with Crippen LogP contribution in [0, 0.1) is 0 Å². The molecule has 0 atom stereocenters. The minimum Gasteiger partial charge on any atom is -0.465 e. The van der Waals surface area contributed by atoms with Gasteiger partial charge in [-0.15, -0.1) is 0 Å². The summed E-state index contributed by atoms with van der Waals surface area (Å²) in [5.41, 5.74) is -0.288. The van der Waals surface area contributed by atoms with Crippen molar-refractivity contribution in [3.05, 3.63) is 33.2 Å². The van der Waals surface area contributed by atoms with Gasteiger partial charge < -0.3 is 14.6 Å². The lowest BCUT2D eigenvalue weighted by Crippen LogP contribution is -2.35. The molecule has 7 heteroatoms. The van der Waals surface area contributed by atoms with Crippen LogP contribution in [0.25, 0.3) is 0 Å². The number of pyridine rings is 1. The van der Waals surface area contributed by atoms with E-state index >= 15 is 0 Å². The number of hydrogen-bond acceptors (Lipinski definition) is 4. The van der Waals surface area contributed by atoms with E-state index in [9.17, 15) is 14.4 Å². The van der Waals surface area contributed by atoms with Crippen LogP contribution in [0.5, 0.6) is 0 Å². The highest BCUT2D eigenvalue weighted by molar-refractivity contribution is 9.10. The van der Waals surface area contributed by atoms with E-state index in [0.717, 1.165) is 0 Å². The summed E-state index contributed by atoms with van der Waals surface area (Å²) in [6.07, 6.45) is 1.51. The van der Waals surface area contributed by atoms with Gasteiger partial charge >= 0.3 is 5.97 Å². The topological polar surface area (TPSA) is 77.4 Å². The molecule has 0 unspecified atom stereocenters. The van der Waals surface area contributed by atoms with Crippen molar-refractivity contribution < 1.29 is 14.3 Å². The van der Waals surface area contributed by atoms with Crippen molar-refractivity contribution in [2.24, 2.45) is 0 Å². The normalized spacial score (nSPS) is 9.89. The molecule has 0 radical (unpaired) electrons. The Morgan fingerprint density at radius 2 is 2.17 bits per heavy atom. The number of hydrogen-bond donors (Lipinski definition) is 1. The second kappa shape index (κ2) is 6.95. The third-order valence-corrected chi connectivity index (χ3v) is 2.47. The first-order valence-corrected chi connectivity index (χ1v) is 6.10. The fourth-order valence-corrected chi connectivity index (χ4v) is 1.60. The van der Waals surface area contributed by atoms with E-state index in [-0.39, 0.29) is 25.3 Å². The van der Waals surface area contributed by atoms with Crippen LogP contribution in [-0.2, 0) is 20.9 Å². The first-order valence-electron chi connectivity index (χ1n) is 5.31. The molecule has 1 aromatic heterocycles. The highest BCUT2D eigenvalue weighted by atomic mass is 79.9. The molecule has 0 fully saturated rings. The van der Waals surface area contributed by atoms with Crippen molar-refractivity contribution in [3.63, 3.8) is 0 Å². The maximum Gasteiger partial charge on any atom is 0.325 e. The second-order valence-corrected chi connectivity index (χ2v) is 4.31. The van der Waals surface area contributed by atoms with Crippen LogP contribution in [0.15, 0.2) is 27.6 Å². The number of ether oxygens (including phenoxy) is 1. The zero-order valence-electron chi connectivity index (χ0n) is 9.81. The fourth-order valence-electron chi connectivity index (χ4n) is 1.22. The third kappa shape index (κ3) is 4.70. The maximum absolute atomic E-state index is 11.5. The predicted octanol–water partition coefficient (Wildman–Crippen LogP) is 0.290. The van der Waals surface area contributed by atoms with Crippen molar-refractivity contribution in [3.8, 4) is 0 Å². The van der Waals surface area contributed by atoms with Crippen LogP contribution in [0.2, 0.25) is 0 Å². The molecule has 0 aromatic carbocycles. The number of aromatic nitrogens is 1. The van der Waals surface area contributed by atoms with Gasteiger partial charge in [0.05, 0.1) is 6.61 Å². The van der Waals surface area contributed by atoms with Gasteiger partial charge in [0.2, 0.25) is 5.91 Å². The summed E-state index contributed by atoms with van der Waals surface area (Å²) in [4.78, 5) is 33.9. The number of nitrogens with one attached hydrogen (secondary N) is 1. The molecule has 1 rings (SSSR count). The van der Waals surface area contributed by atoms with E-state index < -0.39 is 11.9 Å². The first-order chi connectivity index (χ1) is 8.52. The largest absolute Gasteiger partial charge is 0.465 e. The van der Waals surface area contributed by atoms with Gasteiger partial charge in [0.25, 0.3) is 5.56 Å². The molecule has 0 saturated heterocycles. The van der Waals surface area contributed by atoms with Gasteiger partial charge in [-0.3, -0.25) is 14.4 Å². The van der Waals surface area contributed by atoms with E-state index in [1.165, 1.54) is 16.8 Å². The lowest BCUT2D eigenvalue weighted by Gasteiger charge is -2.07. The molecular formula is C11H13BrN2O4. The predicted molar refractivity (Wildman–Crippen MR) is 68.0 cm³/mol. The lowest BCUT2D eigenvalue weighted by molar-refractivity contribution is -0.143. The number of carbonyl (C=O) groups excluding carboxylic acids is 2. The molecule has 0 bridgehead atoms. The smallest absolute Gasteiger partial charge is 0.325 e. The molecule has 0 aliphatic heterocycles. The number of esters is 1. The molecule has 0 spiro atoms. The van der Waals surface area contributed by atoms with Crippen LogP contribution < -0.4 is 10.9 Å². The van der Waals surface area contributed by atoms with Gasteiger partial charge in [0.1, 0.15) is 13.1 Å². The Labute approximate surface area is 112 Å². The van der Waals surface area contributed by atoms with Crippen LogP contribution >= 0.6 is 15.9 Å². The van der Waals surface area contributed by atoms with Gasteiger partial charge in [-0.25, -0.2) is 0 Å². The highest BCUT2D eigenvalue weighted by Crippen LogP contribution is 2.04. The zero-order valence-corrected chi connectivity index (χ0v) is 11.4. The summed E-state index contributed by atoms with van der Waals surface area (Å²) in [7, 11) is 0. The van der Waals surface area contributed by atoms with Crippen molar-refractivity contribution in [2.75, 3.05) is 13.2 Å². The van der Waals surface area contributed by atoms with Crippen LogP contribution in [0.4, 0.5) is 0 Å². The Morgan fingerprint density at radius 1 is 1.44 bits per heavy atom. The van der Waals surface area contributed by atoms with E-state index in [1.807, 2.05) is 0 Å². The van der Waals surface area contributed by atoms with Crippen LogP contribution in [0.1, 0.15) is 6.92 Å². The molecule has 1 N–H and O–H groups in total. The maximum atomic E-state index is 11.5. The molecular weight excluding hydrogens is 304 g/mol. The Kier molecular flexibility index (Phi) is 5.57. The number of nitrogens with zero attached hydrogens (tertiary/aromatic N) is 1. The van der Waals surface area contributed by atoms with E-state index in [1.54, 1.807) is 13.0 Å². The van der Waals surface area contributed by atoms with Crippen molar-refractivity contribution in [1.82, 2.24) is 9.88 Å². The quantitative estimate of drug-likeness (QED) is 0.792. The first kappa shape index (κ1) is 14.4. The average Bonchev–Trinajstić information content (AvgIpc) is 2.32. The SMILES string of the molecule is CCOC(=O)CNC(=O)Cn1cc(Br)ccc1=O. The molecule has 0 saturated carbocycles. The summed E-state index contributed by atoms with van der Waals surface area (Å²) in [6.45, 7) is 1.60. The minimum atomic E-state index is -0.507. The Morgan fingerprint density at radius 3 is 2.83 bits per heavy atom. The van der Waals surface area contributed by atoms with Gasteiger partial charge in [-0.05, 0) is 28.9 Å². The molecule has 1 amide bonds. The Hall–Kier alpha value is -1.63. The summed E-state index contributed by atoms with van der Waals surface area (Å²) in [6, 6.07) is 2.94. The molecule has 1 heterocycles. The molecule has 6 nitrogen and oxygen atoms in total. The lowest BCUT2D eigenvalue weighted by atomic mass is 10.4.